The number of carbonyl (C=O) groups excluding carboxylic acids is 1. The molecule has 1 aromatic rings. The molecule has 0 atom stereocenters. The van der Waals surface area contributed by atoms with Crippen LogP contribution in [0.25, 0.3) is 0 Å². The highest BCUT2D eigenvalue weighted by Crippen LogP contribution is 2.08. The second-order valence-corrected chi connectivity index (χ2v) is 3.72. The number of hydrogen-bond donors (Lipinski definition) is 1. The van der Waals surface area contributed by atoms with Crippen LogP contribution in [0.1, 0.15) is 17.8 Å². The fraction of sp³-hybridized carbons (Fsp3) is 0.667. The van der Waals surface area contributed by atoms with Crippen LogP contribution >= 0.6 is 0 Å². The first-order chi connectivity index (χ1) is 7.22. The fourth-order valence-electron chi connectivity index (χ4n) is 1.53. The second-order valence-electron chi connectivity index (χ2n) is 3.72. The molecule has 6 nitrogen and oxygen atoms in total. The molecule has 1 fully saturated rings. The van der Waals surface area contributed by atoms with E-state index in [0.29, 0.717) is 6.54 Å². The van der Waals surface area contributed by atoms with Gasteiger partial charge in [0.2, 0.25) is 5.91 Å². The summed E-state index contributed by atoms with van der Waals surface area (Å²) in [5.74, 6) is 0.109. The lowest BCUT2D eigenvalue weighted by Gasteiger charge is -2.30. The zero-order chi connectivity index (χ0) is 10.8. The lowest BCUT2D eigenvalue weighted by molar-refractivity contribution is -0.135. The SMILES string of the molecule is Cc1c(CN)nnn1CC(=O)N1CCC1. The topological polar surface area (TPSA) is 77.0 Å². The van der Waals surface area contributed by atoms with E-state index in [1.165, 1.54) is 0 Å². The molecule has 15 heavy (non-hydrogen) atoms. The summed E-state index contributed by atoms with van der Waals surface area (Å²) in [5, 5.41) is 7.81. The van der Waals surface area contributed by atoms with Gasteiger partial charge in [0, 0.05) is 19.6 Å². The third-order valence-electron chi connectivity index (χ3n) is 2.77. The van der Waals surface area contributed by atoms with E-state index in [1.807, 2.05) is 11.8 Å². The maximum Gasteiger partial charge on any atom is 0.244 e. The quantitative estimate of drug-likeness (QED) is 0.712. The van der Waals surface area contributed by atoms with Crippen molar-refractivity contribution < 1.29 is 4.79 Å². The Balaban J connectivity index is 2.03. The summed E-state index contributed by atoms with van der Waals surface area (Å²) in [7, 11) is 0. The van der Waals surface area contributed by atoms with E-state index in [0.717, 1.165) is 30.9 Å². The van der Waals surface area contributed by atoms with E-state index in [1.54, 1.807) is 4.68 Å². The molecule has 2 rings (SSSR count). The van der Waals surface area contributed by atoms with Crippen molar-refractivity contribution in [3.05, 3.63) is 11.4 Å². The first kappa shape index (κ1) is 10.1. The van der Waals surface area contributed by atoms with Crippen LogP contribution in [-0.2, 0) is 17.9 Å². The van der Waals surface area contributed by atoms with E-state index < -0.39 is 0 Å². The molecule has 1 amide bonds. The Kier molecular flexibility index (Phi) is 2.68. The summed E-state index contributed by atoms with van der Waals surface area (Å²) in [6.45, 7) is 4.26. The fourth-order valence-corrected chi connectivity index (χ4v) is 1.53. The van der Waals surface area contributed by atoms with Gasteiger partial charge in [0.1, 0.15) is 6.54 Å². The van der Waals surface area contributed by atoms with Gasteiger partial charge < -0.3 is 10.6 Å². The number of rotatable bonds is 3. The Labute approximate surface area is 88.0 Å². The number of likely N-dealkylation sites (tertiary alicyclic amines) is 1. The highest BCUT2D eigenvalue weighted by molar-refractivity contribution is 5.76. The van der Waals surface area contributed by atoms with Crippen molar-refractivity contribution >= 4 is 5.91 Å². The molecule has 0 saturated carbocycles. The largest absolute Gasteiger partial charge is 0.341 e. The first-order valence-electron chi connectivity index (χ1n) is 5.09. The number of hydrogen-bond acceptors (Lipinski definition) is 4. The van der Waals surface area contributed by atoms with E-state index in [-0.39, 0.29) is 12.5 Å². The number of carbonyl (C=O) groups is 1. The molecular formula is C9H15N5O. The van der Waals surface area contributed by atoms with Crippen molar-refractivity contribution in [2.24, 2.45) is 5.73 Å². The average Bonchev–Trinajstić information content (AvgIpc) is 2.45. The zero-order valence-electron chi connectivity index (χ0n) is 8.81. The van der Waals surface area contributed by atoms with Crippen molar-refractivity contribution in [2.75, 3.05) is 13.1 Å². The number of aromatic nitrogens is 3. The molecule has 1 aromatic heterocycles. The van der Waals surface area contributed by atoms with Crippen molar-refractivity contribution in [1.82, 2.24) is 19.9 Å². The predicted molar refractivity (Wildman–Crippen MR) is 53.8 cm³/mol. The maximum atomic E-state index is 11.7. The molecule has 0 spiro atoms. The van der Waals surface area contributed by atoms with Crippen LogP contribution in [0.4, 0.5) is 0 Å². The Morgan fingerprint density at radius 3 is 2.73 bits per heavy atom. The van der Waals surface area contributed by atoms with Gasteiger partial charge >= 0.3 is 0 Å². The minimum atomic E-state index is 0.109. The van der Waals surface area contributed by atoms with Crippen LogP contribution in [0.3, 0.4) is 0 Å². The van der Waals surface area contributed by atoms with E-state index in [9.17, 15) is 4.79 Å². The van der Waals surface area contributed by atoms with Crippen LogP contribution in [0.15, 0.2) is 0 Å². The standard InChI is InChI=1S/C9H15N5O/c1-7-8(5-10)11-12-14(7)6-9(15)13-3-2-4-13/h2-6,10H2,1H3. The molecule has 1 aliphatic heterocycles. The highest BCUT2D eigenvalue weighted by atomic mass is 16.2. The van der Waals surface area contributed by atoms with E-state index in [4.69, 9.17) is 5.73 Å². The van der Waals surface area contributed by atoms with Gasteiger partial charge in [-0.3, -0.25) is 4.79 Å². The van der Waals surface area contributed by atoms with E-state index >= 15 is 0 Å². The third kappa shape index (κ3) is 1.85. The zero-order valence-corrected chi connectivity index (χ0v) is 8.81. The van der Waals surface area contributed by atoms with Gasteiger partial charge in [-0.05, 0) is 13.3 Å². The summed E-state index contributed by atoms with van der Waals surface area (Å²) < 4.78 is 1.61. The number of amides is 1. The van der Waals surface area contributed by atoms with Gasteiger partial charge in [0.05, 0.1) is 11.4 Å². The molecule has 0 aliphatic carbocycles. The van der Waals surface area contributed by atoms with Crippen molar-refractivity contribution in [3.63, 3.8) is 0 Å². The summed E-state index contributed by atoms with van der Waals surface area (Å²) in [5.41, 5.74) is 7.12. The molecule has 0 unspecified atom stereocenters. The lowest BCUT2D eigenvalue weighted by atomic mass is 10.2. The van der Waals surface area contributed by atoms with Gasteiger partial charge in [-0.15, -0.1) is 5.10 Å². The van der Waals surface area contributed by atoms with Crippen LogP contribution in [0.2, 0.25) is 0 Å². The lowest BCUT2D eigenvalue weighted by Crippen LogP contribution is -2.43. The molecule has 0 aromatic carbocycles. The molecule has 6 heteroatoms. The monoisotopic (exact) mass is 209 g/mol. The van der Waals surface area contributed by atoms with E-state index in [2.05, 4.69) is 10.3 Å². The molecule has 0 radical (unpaired) electrons. The molecule has 2 heterocycles. The smallest absolute Gasteiger partial charge is 0.244 e. The van der Waals surface area contributed by atoms with Gasteiger partial charge in [-0.1, -0.05) is 5.21 Å². The summed E-state index contributed by atoms with van der Waals surface area (Å²) in [6, 6.07) is 0. The number of nitrogens with zero attached hydrogens (tertiary/aromatic N) is 4. The van der Waals surface area contributed by atoms with Crippen molar-refractivity contribution in [3.8, 4) is 0 Å². The normalized spacial score (nSPS) is 15.2. The Bertz CT molecular complexity index is 369. The predicted octanol–water partition coefficient (Wildman–Crippen LogP) is -0.722. The van der Waals surface area contributed by atoms with Crippen molar-refractivity contribution in [2.45, 2.75) is 26.4 Å². The third-order valence-corrected chi connectivity index (χ3v) is 2.77. The number of nitrogens with two attached hydrogens (primary N) is 1. The van der Waals surface area contributed by atoms with Gasteiger partial charge in [0.15, 0.2) is 0 Å². The van der Waals surface area contributed by atoms with Gasteiger partial charge in [0.25, 0.3) is 0 Å². The van der Waals surface area contributed by atoms with Crippen LogP contribution < -0.4 is 5.73 Å². The minimum absolute atomic E-state index is 0.109. The summed E-state index contributed by atoms with van der Waals surface area (Å²) >= 11 is 0. The maximum absolute atomic E-state index is 11.7. The molecular weight excluding hydrogens is 194 g/mol. The Hall–Kier alpha value is -1.43. The summed E-state index contributed by atoms with van der Waals surface area (Å²) in [6.07, 6.45) is 1.11. The average molecular weight is 209 g/mol. The molecule has 0 bridgehead atoms. The molecule has 82 valence electrons. The second kappa shape index (κ2) is 3.98. The van der Waals surface area contributed by atoms with Gasteiger partial charge in [-0.25, -0.2) is 4.68 Å². The molecule has 1 saturated heterocycles. The van der Waals surface area contributed by atoms with Crippen molar-refractivity contribution in [1.29, 1.82) is 0 Å². The molecule has 1 aliphatic rings. The Morgan fingerprint density at radius 2 is 2.27 bits per heavy atom. The highest BCUT2D eigenvalue weighted by Gasteiger charge is 2.21. The summed E-state index contributed by atoms with van der Waals surface area (Å²) in [4.78, 5) is 13.5. The van der Waals surface area contributed by atoms with Crippen LogP contribution in [0.5, 0.6) is 0 Å². The van der Waals surface area contributed by atoms with Crippen LogP contribution in [0, 0.1) is 6.92 Å². The molecule has 2 N–H and O–H groups in total. The van der Waals surface area contributed by atoms with Gasteiger partial charge in [-0.2, -0.15) is 0 Å². The minimum Gasteiger partial charge on any atom is -0.341 e. The first-order valence-corrected chi connectivity index (χ1v) is 5.09. The van der Waals surface area contributed by atoms with Crippen LogP contribution in [-0.4, -0.2) is 38.9 Å². The Morgan fingerprint density at radius 1 is 1.53 bits per heavy atom.